The maximum absolute atomic E-state index is 11.7. The van der Waals surface area contributed by atoms with Gasteiger partial charge in [-0.15, -0.1) is 0 Å². The van der Waals surface area contributed by atoms with E-state index >= 15 is 0 Å². The smallest absolute Gasteiger partial charge is 0.280 e. The van der Waals surface area contributed by atoms with Crippen molar-refractivity contribution in [3.05, 3.63) is 0 Å². The first-order valence-electron chi connectivity index (χ1n) is 5.97. The maximum Gasteiger partial charge on any atom is 0.280 e. The van der Waals surface area contributed by atoms with Crippen molar-refractivity contribution < 1.29 is 24.9 Å². The molecule has 5 N–H and O–H groups in total. The third kappa shape index (κ3) is 2.06. The summed E-state index contributed by atoms with van der Waals surface area (Å²) in [7, 11) is 0. The number of nitrogens with one attached hydrogen (secondary N) is 2. The van der Waals surface area contributed by atoms with Crippen LogP contribution in [0.1, 0.15) is 0 Å². The molecule has 0 aromatic rings. The van der Waals surface area contributed by atoms with Crippen LogP contribution in [0.2, 0.25) is 0 Å². The number of aliphatic imine (C=N–C) groups is 2. The number of aliphatic hydroxyl groups excluding tert-OH is 3. The fourth-order valence-corrected chi connectivity index (χ4v) is 2.57. The van der Waals surface area contributed by atoms with E-state index in [1.54, 1.807) is 0 Å². The Balaban J connectivity index is 1.95. The lowest BCUT2D eigenvalue weighted by Gasteiger charge is -2.28. The molecule has 0 aromatic heterocycles. The Labute approximate surface area is 123 Å². The summed E-state index contributed by atoms with van der Waals surface area (Å²) < 4.78 is 5.34. The predicted octanol–water partition coefficient (Wildman–Crippen LogP) is -3.07. The van der Waals surface area contributed by atoms with Crippen LogP contribution in [-0.2, 0) is 9.53 Å². The van der Waals surface area contributed by atoms with Crippen molar-refractivity contribution in [3.63, 3.8) is 0 Å². The Kier molecular flexibility index (Phi) is 3.30. The van der Waals surface area contributed by atoms with Crippen LogP contribution in [0.25, 0.3) is 0 Å². The van der Waals surface area contributed by atoms with Crippen molar-refractivity contribution in [2.45, 2.75) is 24.5 Å². The van der Waals surface area contributed by atoms with Gasteiger partial charge >= 0.3 is 0 Å². The second-order valence-electron chi connectivity index (χ2n) is 4.58. The number of aliphatic hydroxyl groups is 3. The van der Waals surface area contributed by atoms with Crippen LogP contribution in [0.15, 0.2) is 9.98 Å². The molecule has 10 nitrogen and oxygen atoms in total. The molecule has 1 fully saturated rings. The molecular weight excluding hydrogens is 302 g/mol. The number of carbonyl (C=O) groups excluding carboxylic acids is 1. The lowest BCUT2D eigenvalue weighted by atomic mass is 10.1. The van der Waals surface area contributed by atoms with Crippen molar-refractivity contribution in [2.24, 2.45) is 9.98 Å². The zero-order valence-electron chi connectivity index (χ0n) is 10.4. The van der Waals surface area contributed by atoms with Gasteiger partial charge in [0.1, 0.15) is 18.3 Å². The Morgan fingerprint density at radius 3 is 2.71 bits per heavy atom. The summed E-state index contributed by atoms with van der Waals surface area (Å²) in [4.78, 5) is 20.6. The van der Waals surface area contributed by atoms with Gasteiger partial charge in [0.2, 0.25) is 11.1 Å². The number of amides is 1. The van der Waals surface area contributed by atoms with E-state index < -0.39 is 43.0 Å². The minimum atomic E-state index is -1.38. The van der Waals surface area contributed by atoms with E-state index in [4.69, 9.17) is 27.5 Å². The summed E-state index contributed by atoms with van der Waals surface area (Å²) in [6.45, 7) is -0.494. The number of thiocarbonyl (C=S) groups is 1. The minimum Gasteiger partial charge on any atom is -0.394 e. The highest BCUT2D eigenvalue weighted by molar-refractivity contribution is 7.80. The van der Waals surface area contributed by atoms with Gasteiger partial charge in [-0.1, -0.05) is 0 Å². The van der Waals surface area contributed by atoms with Crippen LogP contribution in [0.4, 0.5) is 0 Å². The van der Waals surface area contributed by atoms with E-state index in [2.05, 4.69) is 15.3 Å². The highest BCUT2D eigenvalue weighted by atomic mass is 32.1. The van der Waals surface area contributed by atoms with Crippen molar-refractivity contribution >= 4 is 40.7 Å². The first-order valence-corrected chi connectivity index (χ1v) is 6.38. The van der Waals surface area contributed by atoms with E-state index in [0.717, 1.165) is 4.90 Å². The van der Waals surface area contributed by atoms with Gasteiger partial charge in [-0.2, -0.15) is 4.99 Å². The summed E-state index contributed by atoms with van der Waals surface area (Å²) in [6.07, 6.45) is -4.83. The number of amidine groups is 1. The molecular formula is C10H11N5O5S. The van der Waals surface area contributed by atoms with Gasteiger partial charge in [0, 0.05) is 0 Å². The SMILES string of the molecule is N=C1N=C2C(=NC(=S)N2[C@H]2O[C@H](CO)[C@H](O)[C@@H]2O)C(=O)N1. The predicted molar refractivity (Wildman–Crippen MR) is 72.9 cm³/mol. The van der Waals surface area contributed by atoms with Gasteiger partial charge < -0.3 is 20.1 Å². The van der Waals surface area contributed by atoms with E-state index in [1.165, 1.54) is 0 Å². The number of nitrogens with zero attached hydrogens (tertiary/aromatic N) is 3. The Hall–Kier alpha value is -1.79. The molecule has 3 rings (SSSR count). The summed E-state index contributed by atoms with van der Waals surface area (Å²) >= 11 is 5.02. The molecule has 0 radical (unpaired) electrons. The standard InChI is InChI=1S/C10H11N5O5S/c11-9-13-6-3(7(19)14-9)12-10(21)15(6)8-5(18)4(17)2(1-16)20-8/h2,4-5,8,16-18H,1H2,(H2,11,14,19)/t2-,4+,5+,8+/m1/s1. The third-order valence-corrected chi connectivity index (χ3v) is 3.58. The lowest BCUT2D eigenvalue weighted by Crippen LogP contribution is -2.53. The van der Waals surface area contributed by atoms with Crippen LogP contribution < -0.4 is 5.32 Å². The number of guanidine groups is 1. The second-order valence-corrected chi connectivity index (χ2v) is 4.95. The molecule has 0 bridgehead atoms. The largest absolute Gasteiger partial charge is 0.394 e. The number of ether oxygens (including phenoxy) is 1. The van der Waals surface area contributed by atoms with Crippen LogP contribution >= 0.6 is 12.2 Å². The molecule has 21 heavy (non-hydrogen) atoms. The number of hydrogen-bond acceptors (Lipinski definition) is 7. The number of carbonyl (C=O) groups is 1. The van der Waals surface area contributed by atoms with E-state index in [9.17, 15) is 15.0 Å². The Morgan fingerprint density at radius 1 is 1.38 bits per heavy atom. The lowest BCUT2D eigenvalue weighted by molar-refractivity contribution is -0.113. The Morgan fingerprint density at radius 2 is 2.10 bits per heavy atom. The van der Waals surface area contributed by atoms with Crippen molar-refractivity contribution in [1.82, 2.24) is 10.2 Å². The van der Waals surface area contributed by atoms with Gasteiger partial charge in [0.05, 0.1) is 6.61 Å². The molecule has 1 saturated heterocycles. The zero-order valence-corrected chi connectivity index (χ0v) is 11.2. The molecule has 1 amide bonds. The molecule has 0 spiro atoms. The average molecular weight is 313 g/mol. The molecule has 112 valence electrons. The maximum atomic E-state index is 11.7. The normalized spacial score (nSPS) is 35.6. The van der Waals surface area contributed by atoms with E-state index in [0.29, 0.717) is 0 Å². The summed E-state index contributed by atoms with van der Waals surface area (Å²) in [5, 5.41) is 38.4. The van der Waals surface area contributed by atoms with Crippen molar-refractivity contribution in [3.8, 4) is 0 Å². The van der Waals surface area contributed by atoms with Gasteiger partial charge in [-0.05, 0) is 12.2 Å². The first kappa shape index (κ1) is 14.2. The van der Waals surface area contributed by atoms with Crippen LogP contribution in [0.3, 0.4) is 0 Å². The van der Waals surface area contributed by atoms with Crippen LogP contribution in [0.5, 0.6) is 0 Å². The molecule has 0 saturated carbocycles. The topological polar surface area (TPSA) is 151 Å². The van der Waals surface area contributed by atoms with E-state index in [-0.39, 0.29) is 16.7 Å². The summed E-state index contributed by atoms with van der Waals surface area (Å²) in [5.74, 6) is -1.06. The van der Waals surface area contributed by atoms with Gasteiger partial charge in [-0.3, -0.25) is 20.4 Å². The third-order valence-electron chi connectivity index (χ3n) is 3.29. The molecule has 0 aromatic carbocycles. The fraction of sp³-hybridized carbons (Fsp3) is 0.500. The van der Waals surface area contributed by atoms with E-state index in [1.807, 2.05) is 0 Å². The van der Waals surface area contributed by atoms with Gasteiger partial charge in [0.15, 0.2) is 17.8 Å². The van der Waals surface area contributed by atoms with Crippen LogP contribution in [-0.4, -0.2) is 79.9 Å². The van der Waals surface area contributed by atoms with Gasteiger partial charge in [0.25, 0.3) is 5.91 Å². The Bertz CT molecular complexity index is 605. The van der Waals surface area contributed by atoms with Gasteiger partial charge in [-0.25, -0.2) is 4.99 Å². The minimum absolute atomic E-state index is 0.0245. The average Bonchev–Trinajstić information content (AvgIpc) is 2.89. The molecule has 3 heterocycles. The summed E-state index contributed by atoms with van der Waals surface area (Å²) in [6, 6.07) is 0. The van der Waals surface area contributed by atoms with Crippen molar-refractivity contribution in [2.75, 3.05) is 6.61 Å². The first-order chi connectivity index (χ1) is 9.93. The monoisotopic (exact) mass is 313 g/mol. The zero-order chi connectivity index (χ0) is 15.3. The molecule has 11 heteroatoms. The quantitative estimate of drug-likeness (QED) is 0.339. The molecule has 3 aliphatic rings. The molecule has 4 atom stereocenters. The second kappa shape index (κ2) is 4.89. The van der Waals surface area contributed by atoms with Crippen LogP contribution in [0, 0.1) is 5.41 Å². The number of rotatable bonds is 2. The molecule has 3 aliphatic heterocycles. The van der Waals surface area contributed by atoms with Crippen molar-refractivity contribution in [1.29, 1.82) is 5.41 Å². The number of fused-ring (bicyclic) bond motifs is 1. The fourth-order valence-electron chi connectivity index (χ4n) is 2.29. The number of hydrogen-bond donors (Lipinski definition) is 5. The highest BCUT2D eigenvalue weighted by Crippen LogP contribution is 2.27. The summed E-state index contributed by atoms with van der Waals surface area (Å²) in [5.41, 5.74) is -0.0891. The molecule has 0 unspecified atom stereocenters. The molecule has 0 aliphatic carbocycles. The highest BCUT2D eigenvalue weighted by Gasteiger charge is 2.50.